The van der Waals surface area contributed by atoms with E-state index < -0.39 is 0 Å². The van der Waals surface area contributed by atoms with Crippen molar-refractivity contribution in [1.82, 2.24) is 10.3 Å². The fraction of sp³-hybridized carbons (Fsp3) is 0.812. The Labute approximate surface area is 128 Å². The Morgan fingerprint density at radius 2 is 2.15 bits per heavy atom. The van der Waals surface area contributed by atoms with E-state index in [2.05, 4.69) is 36.5 Å². The molecule has 20 heavy (non-hydrogen) atoms. The quantitative estimate of drug-likeness (QED) is 0.582. The van der Waals surface area contributed by atoms with Crippen LogP contribution in [0.3, 0.4) is 0 Å². The van der Waals surface area contributed by atoms with Crippen LogP contribution in [0.1, 0.15) is 63.6 Å². The first kappa shape index (κ1) is 17.6. The van der Waals surface area contributed by atoms with Gasteiger partial charge in [-0.15, -0.1) is 11.3 Å². The lowest BCUT2D eigenvalue weighted by Crippen LogP contribution is -2.13. The molecule has 1 aromatic heterocycles. The van der Waals surface area contributed by atoms with Gasteiger partial charge in [0, 0.05) is 18.5 Å². The largest absolute Gasteiger partial charge is 0.375 e. The Morgan fingerprint density at radius 3 is 2.85 bits per heavy atom. The average molecular weight is 298 g/mol. The third-order valence-corrected chi connectivity index (χ3v) is 4.35. The maximum Gasteiger partial charge on any atom is 0.107 e. The van der Waals surface area contributed by atoms with Crippen LogP contribution in [0.5, 0.6) is 0 Å². The highest BCUT2D eigenvalue weighted by Gasteiger charge is 2.07. The molecule has 0 aromatic carbocycles. The average Bonchev–Trinajstić information content (AvgIpc) is 2.91. The van der Waals surface area contributed by atoms with Crippen molar-refractivity contribution in [2.75, 3.05) is 13.2 Å². The highest BCUT2D eigenvalue weighted by molar-refractivity contribution is 7.09. The first-order valence-corrected chi connectivity index (χ1v) is 8.89. The van der Waals surface area contributed by atoms with Gasteiger partial charge in [-0.05, 0) is 25.3 Å². The van der Waals surface area contributed by atoms with Crippen LogP contribution < -0.4 is 5.32 Å². The molecule has 0 spiro atoms. The lowest BCUT2D eigenvalue weighted by molar-refractivity contribution is 0.0801. The van der Waals surface area contributed by atoms with E-state index in [1.807, 2.05) is 0 Å². The van der Waals surface area contributed by atoms with Crippen molar-refractivity contribution in [3.8, 4) is 0 Å². The number of hydrogen-bond donors (Lipinski definition) is 1. The summed E-state index contributed by atoms with van der Waals surface area (Å²) in [6.45, 7) is 10.1. The van der Waals surface area contributed by atoms with Gasteiger partial charge in [-0.1, -0.05) is 40.0 Å². The molecule has 3 nitrogen and oxygen atoms in total. The van der Waals surface area contributed by atoms with Crippen molar-refractivity contribution in [2.45, 2.75) is 66.0 Å². The summed E-state index contributed by atoms with van der Waals surface area (Å²) in [6.07, 6.45) is 6.25. The molecule has 0 aliphatic carbocycles. The Hall–Kier alpha value is -0.450. The van der Waals surface area contributed by atoms with Crippen LogP contribution in [0, 0.1) is 5.92 Å². The minimum atomic E-state index is 0.660. The molecule has 1 N–H and O–H groups in total. The molecule has 116 valence electrons. The Bertz CT molecular complexity index is 341. The maximum absolute atomic E-state index is 5.83. The van der Waals surface area contributed by atoms with E-state index in [-0.39, 0.29) is 0 Å². The predicted octanol–water partition coefficient (Wildman–Crippen LogP) is 4.38. The Balaban J connectivity index is 2.20. The van der Waals surface area contributed by atoms with E-state index in [9.17, 15) is 0 Å². The van der Waals surface area contributed by atoms with E-state index >= 15 is 0 Å². The van der Waals surface area contributed by atoms with Gasteiger partial charge in [0.2, 0.25) is 0 Å². The third kappa shape index (κ3) is 7.36. The van der Waals surface area contributed by atoms with Gasteiger partial charge >= 0.3 is 0 Å². The first-order chi connectivity index (χ1) is 9.80. The molecule has 0 bridgehead atoms. The molecule has 0 fully saturated rings. The van der Waals surface area contributed by atoms with E-state index in [0.29, 0.717) is 12.5 Å². The number of nitrogens with zero attached hydrogens (tertiary/aromatic N) is 1. The molecular formula is C16H30N2OS. The SMILES string of the molecule is CCCCC(CC)COCc1csc(CNCCC)n1. The number of ether oxygens (including phenoxy) is 1. The van der Waals surface area contributed by atoms with Crippen molar-refractivity contribution in [3.05, 3.63) is 16.1 Å². The van der Waals surface area contributed by atoms with Crippen molar-refractivity contribution < 1.29 is 4.74 Å². The molecule has 1 heterocycles. The second kappa shape index (κ2) is 11.2. The Morgan fingerprint density at radius 1 is 1.30 bits per heavy atom. The molecule has 0 aliphatic heterocycles. The molecule has 1 atom stereocenters. The summed E-state index contributed by atoms with van der Waals surface area (Å²) in [5.74, 6) is 0.708. The molecular weight excluding hydrogens is 268 g/mol. The number of thiazole rings is 1. The van der Waals surface area contributed by atoms with Crippen molar-refractivity contribution in [2.24, 2.45) is 5.92 Å². The summed E-state index contributed by atoms with van der Waals surface area (Å²) >= 11 is 1.72. The Kier molecular flexibility index (Phi) is 9.89. The molecule has 0 saturated heterocycles. The van der Waals surface area contributed by atoms with E-state index in [4.69, 9.17) is 4.74 Å². The summed E-state index contributed by atoms with van der Waals surface area (Å²) in [5.41, 5.74) is 1.08. The molecule has 0 aliphatic rings. The minimum absolute atomic E-state index is 0.660. The highest BCUT2D eigenvalue weighted by Crippen LogP contribution is 2.15. The van der Waals surface area contributed by atoms with E-state index in [1.54, 1.807) is 11.3 Å². The van der Waals surface area contributed by atoms with E-state index in [0.717, 1.165) is 36.8 Å². The molecule has 1 unspecified atom stereocenters. The normalized spacial score (nSPS) is 12.8. The van der Waals surface area contributed by atoms with Gasteiger partial charge in [0.1, 0.15) is 5.01 Å². The summed E-state index contributed by atoms with van der Waals surface area (Å²) in [4.78, 5) is 4.60. The van der Waals surface area contributed by atoms with Crippen LogP contribution >= 0.6 is 11.3 Å². The maximum atomic E-state index is 5.83. The number of aromatic nitrogens is 1. The summed E-state index contributed by atoms with van der Waals surface area (Å²) in [6, 6.07) is 0. The second-order valence-corrected chi connectivity index (χ2v) is 6.28. The van der Waals surface area contributed by atoms with Crippen LogP contribution in [0.2, 0.25) is 0 Å². The van der Waals surface area contributed by atoms with Gasteiger partial charge in [-0.3, -0.25) is 0 Å². The summed E-state index contributed by atoms with van der Waals surface area (Å²) < 4.78 is 5.83. The smallest absolute Gasteiger partial charge is 0.107 e. The van der Waals surface area contributed by atoms with Crippen LogP contribution in [0.15, 0.2) is 5.38 Å². The van der Waals surface area contributed by atoms with Gasteiger partial charge in [0.25, 0.3) is 0 Å². The van der Waals surface area contributed by atoms with Gasteiger partial charge in [-0.2, -0.15) is 0 Å². The monoisotopic (exact) mass is 298 g/mol. The summed E-state index contributed by atoms with van der Waals surface area (Å²) in [7, 11) is 0. The first-order valence-electron chi connectivity index (χ1n) is 8.01. The molecule has 0 amide bonds. The van der Waals surface area contributed by atoms with Crippen molar-refractivity contribution >= 4 is 11.3 Å². The molecule has 0 radical (unpaired) electrons. The van der Waals surface area contributed by atoms with Gasteiger partial charge in [0.05, 0.1) is 12.3 Å². The standard InChI is InChI=1S/C16H30N2OS/c1-4-7-8-14(6-3)11-19-12-15-13-20-16(18-15)10-17-9-5-2/h13-14,17H,4-12H2,1-3H3. The van der Waals surface area contributed by atoms with Gasteiger partial charge in [0.15, 0.2) is 0 Å². The van der Waals surface area contributed by atoms with Crippen molar-refractivity contribution in [3.63, 3.8) is 0 Å². The number of hydrogen-bond acceptors (Lipinski definition) is 4. The zero-order valence-electron chi connectivity index (χ0n) is 13.3. The van der Waals surface area contributed by atoms with E-state index in [1.165, 1.54) is 25.7 Å². The lowest BCUT2D eigenvalue weighted by atomic mass is 10.0. The van der Waals surface area contributed by atoms with Gasteiger partial charge < -0.3 is 10.1 Å². The topological polar surface area (TPSA) is 34.1 Å². The molecule has 1 aromatic rings. The zero-order valence-corrected chi connectivity index (χ0v) is 14.1. The third-order valence-electron chi connectivity index (χ3n) is 3.45. The highest BCUT2D eigenvalue weighted by atomic mass is 32.1. The van der Waals surface area contributed by atoms with Crippen molar-refractivity contribution in [1.29, 1.82) is 0 Å². The second-order valence-electron chi connectivity index (χ2n) is 5.34. The fourth-order valence-corrected chi connectivity index (χ4v) is 2.84. The van der Waals surface area contributed by atoms with Crippen LogP contribution in [0.4, 0.5) is 0 Å². The fourth-order valence-electron chi connectivity index (χ4n) is 2.10. The lowest BCUT2D eigenvalue weighted by Gasteiger charge is -2.13. The molecule has 0 saturated carbocycles. The zero-order chi connectivity index (χ0) is 14.6. The minimum Gasteiger partial charge on any atom is -0.375 e. The van der Waals surface area contributed by atoms with Crippen LogP contribution in [-0.2, 0) is 17.9 Å². The molecule has 1 rings (SSSR count). The number of nitrogens with one attached hydrogen (secondary N) is 1. The number of unbranched alkanes of at least 4 members (excludes halogenated alkanes) is 1. The summed E-state index contributed by atoms with van der Waals surface area (Å²) in [5, 5.41) is 6.66. The molecule has 4 heteroatoms. The van der Waals surface area contributed by atoms with Gasteiger partial charge in [-0.25, -0.2) is 4.98 Å². The van der Waals surface area contributed by atoms with Crippen LogP contribution in [0.25, 0.3) is 0 Å². The predicted molar refractivity (Wildman–Crippen MR) is 87.1 cm³/mol. The number of rotatable bonds is 12. The van der Waals surface area contributed by atoms with Crippen LogP contribution in [-0.4, -0.2) is 18.1 Å².